The third-order valence-electron chi connectivity index (χ3n) is 2.13. The number of hydrogen-bond acceptors (Lipinski definition) is 2. The highest BCUT2D eigenvalue weighted by Crippen LogP contribution is 2.19. The number of nitrogens with one attached hydrogen (secondary N) is 1. The largest absolute Gasteiger partial charge is 0.391 e. The predicted molar refractivity (Wildman–Crippen MR) is 58.5 cm³/mol. The number of hydrogen-bond donors (Lipinski definition) is 1. The van der Waals surface area contributed by atoms with Crippen LogP contribution in [0.25, 0.3) is 0 Å². The molecule has 2 nitrogen and oxygen atoms in total. The van der Waals surface area contributed by atoms with Crippen LogP contribution in [0.4, 0.5) is 13.2 Å². The minimum atomic E-state index is -4.11. The molecule has 0 aliphatic heterocycles. The molecule has 0 radical (unpaired) electrons. The molecule has 1 atom stereocenters. The number of halogens is 3. The topological polar surface area (TPSA) is 21.3 Å². The third kappa shape index (κ3) is 11.8. The second-order valence-electron chi connectivity index (χ2n) is 4.30. The summed E-state index contributed by atoms with van der Waals surface area (Å²) in [6.07, 6.45) is -3.36. The monoisotopic (exact) mass is 241 g/mol. The van der Waals surface area contributed by atoms with Gasteiger partial charge in [0.2, 0.25) is 0 Å². The van der Waals surface area contributed by atoms with Crippen LogP contribution in [0.2, 0.25) is 0 Å². The van der Waals surface area contributed by atoms with Gasteiger partial charge in [-0.05, 0) is 26.3 Å². The van der Waals surface area contributed by atoms with Crippen molar-refractivity contribution in [3.8, 4) is 0 Å². The lowest BCUT2D eigenvalue weighted by molar-refractivity contribution is -0.148. The van der Waals surface area contributed by atoms with Crippen LogP contribution in [0, 0.1) is 0 Å². The van der Waals surface area contributed by atoms with Crippen molar-refractivity contribution >= 4 is 0 Å². The average Bonchev–Trinajstić information content (AvgIpc) is 2.10. The van der Waals surface area contributed by atoms with Gasteiger partial charge in [-0.3, -0.25) is 0 Å². The van der Waals surface area contributed by atoms with Gasteiger partial charge in [0.25, 0.3) is 0 Å². The molecule has 98 valence electrons. The lowest BCUT2D eigenvalue weighted by Crippen LogP contribution is -2.24. The number of alkyl halides is 3. The lowest BCUT2D eigenvalue weighted by Gasteiger charge is -2.14. The molecule has 0 bridgehead atoms. The Bertz CT molecular complexity index is 171. The second-order valence-corrected chi connectivity index (χ2v) is 4.30. The molecular weight excluding hydrogens is 219 g/mol. The molecule has 0 aromatic rings. The molecule has 1 unspecified atom stereocenters. The fourth-order valence-electron chi connectivity index (χ4n) is 1.24. The summed E-state index contributed by atoms with van der Waals surface area (Å²) in [6, 6.07) is 0.446. The summed E-state index contributed by atoms with van der Waals surface area (Å²) in [5.74, 6) is 0. The van der Waals surface area contributed by atoms with E-state index in [0.29, 0.717) is 6.04 Å². The summed E-state index contributed by atoms with van der Waals surface area (Å²) >= 11 is 0. The van der Waals surface area contributed by atoms with Gasteiger partial charge in [0.1, 0.15) is 0 Å². The number of ether oxygens (including phenoxy) is 1. The Labute approximate surface area is 95.5 Å². The first-order valence-electron chi connectivity index (χ1n) is 5.73. The normalized spacial score (nSPS) is 14.4. The van der Waals surface area contributed by atoms with Gasteiger partial charge in [0.05, 0.1) is 19.1 Å². The maximum absolute atomic E-state index is 11.8. The Morgan fingerprint density at radius 2 is 1.81 bits per heavy atom. The van der Waals surface area contributed by atoms with Crippen LogP contribution in [0.15, 0.2) is 0 Å². The minimum absolute atomic E-state index is 0.101. The molecule has 5 heteroatoms. The molecular formula is C11H22F3NO. The van der Waals surface area contributed by atoms with E-state index in [1.807, 2.05) is 6.92 Å². The van der Waals surface area contributed by atoms with Gasteiger partial charge in [-0.25, -0.2) is 0 Å². The SMILES string of the molecule is CC(C)NCCCC(C)OCCC(F)(F)F. The summed E-state index contributed by atoms with van der Waals surface area (Å²) in [4.78, 5) is 0. The van der Waals surface area contributed by atoms with Crippen molar-refractivity contribution in [1.29, 1.82) is 0 Å². The smallest absolute Gasteiger partial charge is 0.378 e. The summed E-state index contributed by atoms with van der Waals surface area (Å²) in [5.41, 5.74) is 0. The minimum Gasteiger partial charge on any atom is -0.378 e. The first-order valence-corrected chi connectivity index (χ1v) is 5.73. The molecule has 1 N–H and O–H groups in total. The van der Waals surface area contributed by atoms with Crippen molar-refractivity contribution in [3.63, 3.8) is 0 Å². The van der Waals surface area contributed by atoms with Crippen LogP contribution in [-0.2, 0) is 4.74 Å². The van der Waals surface area contributed by atoms with Crippen molar-refractivity contribution in [2.24, 2.45) is 0 Å². The Hall–Kier alpha value is -0.290. The maximum Gasteiger partial charge on any atom is 0.391 e. The molecule has 0 aliphatic carbocycles. The van der Waals surface area contributed by atoms with Gasteiger partial charge in [0.15, 0.2) is 0 Å². The Kier molecular flexibility index (Phi) is 7.76. The van der Waals surface area contributed by atoms with Crippen LogP contribution in [0.5, 0.6) is 0 Å². The molecule has 0 spiro atoms. The Balaban J connectivity index is 3.35. The van der Waals surface area contributed by atoms with Gasteiger partial charge in [-0.2, -0.15) is 13.2 Å². The Morgan fingerprint density at radius 1 is 1.19 bits per heavy atom. The van der Waals surface area contributed by atoms with Crippen molar-refractivity contribution < 1.29 is 17.9 Å². The zero-order valence-electron chi connectivity index (χ0n) is 10.2. The van der Waals surface area contributed by atoms with Crippen molar-refractivity contribution in [3.05, 3.63) is 0 Å². The van der Waals surface area contributed by atoms with E-state index in [9.17, 15) is 13.2 Å². The summed E-state index contributed by atoms with van der Waals surface area (Å²) in [5, 5.41) is 3.25. The highest BCUT2D eigenvalue weighted by atomic mass is 19.4. The van der Waals surface area contributed by atoms with Crippen molar-refractivity contribution in [1.82, 2.24) is 5.32 Å². The fourth-order valence-corrected chi connectivity index (χ4v) is 1.24. The second kappa shape index (κ2) is 7.90. The predicted octanol–water partition coefficient (Wildman–Crippen LogP) is 3.12. The van der Waals surface area contributed by atoms with E-state index in [2.05, 4.69) is 19.2 Å². The van der Waals surface area contributed by atoms with E-state index >= 15 is 0 Å². The highest BCUT2D eigenvalue weighted by molar-refractivity contribution is 4.57. The van der Waals surface area contributed by atoms with Crippen LogP contribution < -0.4 is 5.32 Å². The van der Waals surface area contributed by atoms with Gasteiger partial charge >= 0.3 is 6.18 Å². The van der Waals surface area contributed by atoms with Gasteiger partial charge < -0.3 is 10.1 Å². The van der Waals surface area contributed by atoms with Gasteiger partial charge in [-0.15, -0.1) is 0 Å². The molecule has 0 heterocycles. The van der Waals surface area contributed by atoms with Crippen LogP contribution in [0.3, 0.4) is 0 Å². The van der Waals surface area contributed by atoms with Gasteiger partial charge in [0, 0.05) is 6.04 Å². The van der Waals surface area contributed by atoms with Crippen molar-refractivity contribution in [2.75, 3.05) is 13.2 Å². The molecule has 16 heavy (non-hydrogen) atoms. The maximum atomic E-state index is 11.8. The van der Waals surface area contributed by atoms with Crippen molar-refractivity contribution in [2.45, 2.75) is 58.4 Å². The Morgan fingerprint density at radius 3 is 2.31 bits per heavy atom. The first-order chi connectivity index (χ1) is 7.31. The zero-order valence-corrected chi connectivity index (χ0v) is 10.2. The molecule has 0 aliphatic rings. The van der Waals surface area contributed by atoms with E-state index < -0.39 is 12.6 Å². The molecule has 0 fully saturated rings. The van der Waals surface area contributed by atoms with E-state index in [4.69, 9.17) is 4.74 Å². The molecule has 0 rings (SSSR count). The molecule has 0 saturated heterocycles. The molecule has 0 aromatic heterocycles. The lowest BCUT2D eigenvalue weighted by atomic mass is 10.2. The van der Waals surface area contributed by atoms with E-state index in [-0.39, 0.29) is 12.7 Å². The fraction of sp³-hybridized carbons (Fsp3) is 1.00. The molecule has 0 saturated carbocycles. The van der Waals surface area contributed by atoms with E-state index in [0.717, 1.165) is 19.4 Å². The molecule has 0 aromatic carbocycles. The van der Waals surface area contributed by atoms with E-state index in [1.165, 1.54) is 0 Å². The average molecular weight is 241 g/mol. The zero-order chi connectivity index (χ0) is 12.6. The first kappa shape index (κ1) is 15.7. The van der Waals surface area contributed by atoms with E-state index in [1.54, 1.807) is 0 Å². The van der Waals surface area contributed by atoms with Crippen LogP contribution >= 0.6 is 0 Å². The van der Waals surface area contributed by atoms with Crippen LogP contribution in [-0.4, -0.2) is 31.5 Å². The molecule has 0 amide bonds. The standard InChI is InChI=1S/C11H22F3NO/c1-9(2)15-7-4-5-10(3)16-8-6-11(12,13)14/h9-10,15H,4-8H2,1-3H3. The summed E-state index contributed by atoms with van der Waals surface area (Å²) in [7, 11) is 0. The van der Waals surface area contributed by atoms with Gasteiger partial charge in [-0.1, -0.05) is 13.8 Å². The van der Waals surface area contributed by atoms with Crippen LogP contribution in [0.1, 0.15) is 40.0 Å². The number of rotatable bonds is 8. The summed E-state index contributed by atoms with van der Waals surface area (Å²) < 4.78 is 40.5. The highest BCUT2D eigenvalue weighted by Gasteiger charge is 2.26. The third-order valence-corrected chi connectivity index (χ3v) is 2.13. The summed E-state index contributed by atoms with van der Waals surface area (Å²) in [6.45, 7) is 6.57. The quantitative estimate of drug-likeness (QED) is 0.659.